The summed E-state index contributed by atoms with van der Waals surface area (Å²) in [5.74, 6) is 0. The van der Waals surface area contributed by atoms with Crippen molar-refractivity contribution >= 4 is 233 Å². The summed E-state index contributed by atoms with van der Waals surface area (Å²) in [5.41, 5.74) is 0. The van der Waals surface area contributed by atoms with Crippen LogP contribution in [0.3, 0.4) is 0 Å². The SMILES string of the molecule is [AlH3].[AlH3].[AlH3].[AlH3].[AlH3].[Ba].[Ba].[Ba]. The molecule has 0 aliphatic rings. The molecule has 0 aromatic heterocycles. The number of rotatable bonds is 0. The zero-order valence-electron chi connectivity index (χ0n) is 2.12. The summed E-state index contributed by atoms with van der Waals surface area (Å²) in [7, 11) is 0. The Morgan fingerprint density at radius 1 is 0.250 bits per heavy atom. The Hall–Kier alpha value is 7.38. The maximum Gasteiger partial charge on any atom is 0.187 e. The fraction of sp³-hybridized carbons (Fsp3) is 0. The Bertz CT molecular complexity index is 7.64. The van der Waals surface area contributed by atoms with Crippen LogP contribution in [0.4, 0.5) is 0 Å². The van der Waals surface area contributed by atoms with Gasteiger partial charge in [0, 0.05) is 147 Å². The minimum atomic E-state index is 0. The van der Waals surface area contributed by atoms with Gasteiger partial charge in [-0.1, -0.05) is 0 Å². The van der Waals surface area contributed by atoms with Crippen molar-refractivity contribution in [2.45, 2.75) is 0 Å². The summed E-state index contributed by atoms with van der Waals surface area (Å²) >= 11 is 0. The molecule has 0 unspecified atom stereocenters. The molecule has 6 radical (unpaired) electrons. The molecular formula is H15Al5Ba3. The van der Waals surface area contributed by atoms with Crippen molar-refractivity contribution in [3.8, 4) is 0 Å². The predicted molar refractivity (Wildman–Crippen MR) is 67.0 cm³/mol. The van der Waals surface area contributed by atoms with E-state index in [0.717, 1.165) is 0 Å². The van der Waals surface area contributed by atoms with Crippen molar-refractivity contribution in [1.29, 1.82) is 0 Å². The minimum Gasteiger partial charge on any atom is 0 e. The van der Waals surface area contributed by atoms with Crippen molar-refractivity contribution < 1.29 is 0 Å². The maximum atomic E-state index is 0. The molecule has 0 amide bonds. The molecule has 0 N–H and O–H groups in total. The van der Waals surface area contributed by atoms with Crippen LogP contribution in [0.2, 0.25) is 0 Å². The first-order valence-electron chi connectivity index (χ1n) is 0. The number of hydrogen-bond donors (Lipinski definition) is 0. The van der Waals surface area contributed by atoms with Crippen LogP contribution in [0.5, 0.6) is 0 Å². The average molecular weight is 562 g/mol. The molecule has 0 atom stereocenters. The van der Waals surface area contributed by atoms with E-state index in [2.05, 4.69) is 0 Å². The van der Waals surface area contributed by atoms with Gasteiger partial charge in [0.25, 0.3) is 0 Å². The molecule has 0 rings (SSSR count). The van der Waals surface area contributed by atoms with Crippen LogP contribution in [0.1, 0.15) is 0 Å². The van der Waals surface area contributed by atoms with Gasteiger partial charge in [0.05, 0.1) is 0 Å². The van der Waals surface area contributed by atoms with Crippen molar-refractivity contribution in [1.82, 2.24) is 0 Å². The molecule has 0 aromatic rings. The van der Waals surface area contributed by atoms with Gasteiger partial charge >= 0.3 is 0 Å². The van der Waals surface area contributed by atoms with Gasteiger partial charge in [-0.25, -0.2) is 0 Å². The summed E-state index contributed by atoms with van der Waals surface area (Å²) in [6, 6.07) is 0. The summed E-state index contributed by atoms with van der Waals surface area (Å²) in [6.07, 6.45) is 0. The fourth-order valence-corrected chi connectivity index (χ4v) is 0. The Morgan fingerprint density at radius 2 is 0.250 bits per heavy atom. The molecule has 8 heavy (non-hydrogen) atoms. The Morgan fingerprint density at radius 3 is 0.250 bits per heavy atom. The van der Waals surface area contributed by atoms with E-state index < -0.39 is 0 Å². The largest absolute Gasteiger partial charge is 0.187 e. The minimum absolute atomic E-state index is 0. The molecule has 0 aromatic carbocycles. The monoisotopic (exact) mass is 564 g/mol. The first-order valence-corrected chi connectivity index (χ1v) is 0. The smallest absolute Gasteiger partial charge is 0 e. The van der Waals surface area contributed by atoms with E-state index in [4.69, 9.17) is 0 Å². The van der Waals surface area contributed by atoms with Gasteiger partial charge in [-0.15, -0.1) is 0 Å². The van der Waals surface area contributed by atoms with Crippen LogP contribution in [0.15, 0.2) is 0 Å². The van der Waals surface area contributed by atoms with Crippen molar-refractivity contribution in [3.05, 3.63) is 0 Å². The molecule has 0 aliphatic heterocycles. The van der Waals surface area contributed by atoms with Crippen molar-refractivity contribution in [3.63, 3.8) is 0 Å². The van der Waals surface area contributed by atoms with Gasteiger partial charge in [-0.2, -0.15) is 0 Å². The summed E-state index contributed by atoms with van der Waals surface area (Å²) < 4.78 is 0. The Labute approximate surface area is 225 Å². The molecule has 0 saturated carbocycles. The second-order valence-electron chi connectivity index (χ2n) is 0. The molecule has 8 heteroatoms. The third kappa shape index (κ3) is 37.7. The van der Waals surface area contributed by atoms with Gasteiger partial charge in [-0.3, -0.25) is 0 Å². The van der Waals surface area contributed by atoms with E-state index in [-0.39, 0.29) is 233 Å². The van der Waals surface area contributed by atoms with E-state index >= 15 is 0 Å². The van der Waals surface area contributed by atoms with E-state index in [1.165, 1.54) is 0 Å². The fourth-order valence-electron chi connectivity index (χ4n) is 0. The van der Waals surface area contributed by atoms with Crippen LogP contribution < -0.4 is 0 Å². The molecular weight excluding hydrogens is 547 g/mol. The van der Waals surface area contributed by atoms with Crippen LogP contribution in [-0.2, 0) is 0 Å². The molecule has 0 nitrogen and oxygen atoms in total. The quantitative estimate of drug-likeness (QED) is 0.258. The van der Waals surface area contributed by atoms with Gasteiger partial charge in [-0.05, 0) is 0 Å². The van der Waals surface area contributed by atoms with E-state index in [0.29, 0.717) is 0 Å². The van der Waals surface area contributed by atoms with Crippen LogP contribution in [-0.4, -0.2) is 233 Å². The van der Waals surface area contributed by atoms with Gasteiger partial charge in [0.1, 0.15) is 0 Å². The third-order valence-corrected chi connectivity index (χ3v) is 0. The average Bonchev–Trinajstić information content (AvgIpc) is 0. The van der Waals surface area contributed by atoms with E-state index in [1.54, 1.807) is 0 Å². The van der Waals surface area contributed by atoms with Gasteiger partial charge in [0.15, 0.2) is 86.8 Å². The Kier molecular flexibility index (Phi) is 345. The standard InChI is InChI=1S/5Al.3Ba.15H. The molecule has 0 heterocycles. The maximum absolute atomic E-state index is 0. The second kappa shape index (κ2) is 47.3. The van der Waals surface area contributed by atoms with E-state index in [1.807, 2.05) is 0 Å². The molecule has 0 bridgehead atoms. The Balaban J connectivity index is 0. The molecule has 0 fully saturated rings. The third-order valence-electron chi connectivity index (χ3n) is 0. The zero-order valence-corrected chi connectivity index (χ0v) is 15.4. The van der Waals surface area contributed by atoms with Crippen LogP contribution in [0, 0.1) is 0 Å². The molecule has 36 valence electrons. The molecule has 0 aliphatic carbocycles. The van der Waals surface area contributed by atoms with Crippen molar-refractivity contribution in [2.75, 3.05) is 0 Å². The first-order chi connectivity index (χ1) is 0. The first kappa shape index (κ1) is 58.4. The summed E-state index contributed by atoms with van der Waals surface area (Å²) in [4.78, 5) is 0. The second-order valence-corrected chi connectivity index (χ2v) is 0. The van der Waals surface area contributed by atoms with Gasteiger partial charge in [0.2, 0.25) is 0 Å². The summed E-state index contributed by atoms with van der Waals surface area (Å²) in [5, 5.41) is 0. The molecule has 0 saturated heterocycles. The summed E-state index contributed by atoms with van der Waals surface area (Å²) in [6.45, 7) is 0. The van der Waals surface area contributed by atoms with Gasteiger partial charge < -0.3 is 0 Å². The van der Waals surface area contributed by atoms with Crippen molar-refractivity contribution in [2.24, 2.45) is 0 Å². The predicted octanol–water partition coefficient (Wildman–Crippen LogP) is -7.06. The topological polar surface area (TPSA) is 0 Å². The zero-order chi connectivity index (χ0) is 0. The van der Waals surface area contributed by atoms with Crippen LogP contribution >= 0.6 is 0 Å². The van der Waals surface area contributed by atoms with E-state index in [9.17, 15) is 0 Å². The molecule has 0 spiro atoms. The number of hydrogen-bond acceptors (Lipinski definition) is 0. The van der Waals surface area contributed by atoms with Crippen LogP contribution in [0.25, 0.3) is 0 Å². The normalized spacial score (nSPS) is 0.